The standard InChI is InChI=1S/C23H19N7O2/c1-13-21(14(2)30(29-13)12-20-15(11-24)6-5-9-26-20)28-23(32)19-10-17(22(25)31)16-7-3-4-8-18(16)27-19/h3-10H,12H2,1-2H3,(H2,25,31)(H,28,32). The number of aryl methyl sites for hydroxylation is 1. The summed E-state index contributed by atoms with van der Waals surface area (Å²) in [4.78, 5) is 33.5. The van der Waals surface area contributed by atoms with Crippen molar-refractivity contribution in [3.63, 3.8) is 0 Å². The molecule has 0 aliphatic carbocycles. The van der Waals surface area contributed by atoms with E-state index in [9.17, 15) is 14.9 Å². The molecule has 2 amide bonds. The maximum absolute atomic E-state index is 13.0. The van der Waals surface area contributed by atoms with Crippen molar-refractivity contribution in [2.45, 2.75) is 20.4 Å². The van der Waals surface area contributed by atoms with Gasteiger partial charge in [-0.3, -0.25) is 19.3 Å². The van der Waals surface area contributed by atoms with Gasteiger partial charge < -0.3 is 11.1 Å². The molecule has 0 atom stereocenters. The van der Waals surface area contributed by atoms with Crippen molar-refractivity contribution >= 4 is 28.4 Å². The van der Waals surface area contributed by atoms with Crippen molar-refractivity contribution in [3.8, 4) is 6.07 Å². The summed E-state index contributed by atoms with van der Waals surface area (Å²) in [5.41, 5.74) is 9.17. The lowest BCUT2D eigenvalue weighted by atomic mass is 10.1. The van der Waals surface area contributed by atoms with E-state index in [-0.39, 0.29) is 17.8 Å². The zero-order valence-electron chi connectivity index (χ0n) is 17.5. The molecule has 9 heteroatoms. The van der Waals surface area contributed by atoms with Gasteiger partial charge in [0.2, 0.25) is 5.91 Å². The average Bonchev–Trinajstić information content (AvgIpc) is 3.05. The first-order valence-corrected chi connectivity index (χ1v) is 9.78. The summed E-state index contributed by atoms with van der Waals surface area (Å²) in [6.07, 6.45) is 1.62. The van der Waals surface area contributed by atoms with E-state index in [1.54, 1.807) is 54.2 Å². The van der Waals surface area contributed by atoms with Crippen LogP contribution in [0.5, 0.6) is 0 Å². The van der Waals surface area contributed by atoms with E-state index in [4.69, 9.17) is 5.73 Å². The molecule has 9 nitrogen and oxygen atoms in total. The first-order valence-electron chi connectivity index (χ1n) is 9.78. The molecule has 0 fully saturated rings. The molecule has 3 heterocycles. The van der Waals surface area contributed by atoms with Crippen molar-refractivity contribution in [1.29, 1.82) is 5.26 Å². The van der Waals surface area contributed by atoms with E-state index in [1.165, 1.54) is 6.07 Å². The molecular formula is C23H19N7O2. The van der Waals surface area contributed by atoms with Gasteiger partial charge in [-0.1, -0.05) is 18.2 Å². The number of amides is 2. The molecule has 0 saturated heterocycles. The molecule has 0 aliphatic heterocycles. The van der Waals surface area contributed by atoms with Gasteiger partial charge >= 0.3 is 0 Å². The monoisotopic (exact) mass is 425 g/mol. The van der Waals surface area contributed by atoms with Crippen LogP contribution < -0.4 is 11.1 Å². The number of hydrogen-bond acceptors (Lipinski definition) is 6. The molecule has 0 aliphatic rings. The van der Waals surface area contributed by atoms with Gasteiger partial charge in [-0.15, -0.1) is 0 Å². The number of primary amides is 1. The van der Waals surface area contributed by atoms with Crippen molar-refractivity contribution in [3.05, 3.63) is 82.6 Å². The summed E-state index contributed by atoms with van der Waals surface area (Å²) in [5.74, 6) is -1.12. The molecule has 4 rings (SSSR count). The summed E-state index contributed by atoms with van der Waals surface area (Å²) in [5, 5.41) is 17.2. The highest BCUT2D eigenvalue weighted by Crippen LogP contribution is 2.23. The normalized spacial score (nSPS) is 10.7. The molecule has 3 aromatic heterocycles. The molecule has 0 saturated carbocycles. The number of rotatable bonds is 5. The van der Waals surface area contributed by atoms with E-state index < -0.39 is 11.8 Å². The minimum atomic E-state index is -0.638. The molecule has 158 valence electrons. The summed E-state index contributed by atoms with van der Waals surface area (Å²) in [7, 11) is 0. The Morgan fingerprint density at radius 1 is 1.19 bits per heavy atom. The minimum absolute atomic E-state index is 0.0699. The molecule has 0 spiro atoms. The van der Waals surface area contributed by atoms with Gasteiger partial charge in [-0.2, -0.15) is 10.4 Å². The zero-order valence-corrected chi connectivity index (χ0v) is 17.5. The number of anilines is 1. The number of hydrogen-bond donors (Lipinski definition) is 2. The molecule has 0 unspecified atom stereocenters. The SMILES string of the molecule is Cc1nn(Cc2ncccc2C#N)c(C)c1NC(=O)c1cc(C(N)=O)c2ccccc2n1. The second-order valence-corrected chi connectivity index (χ2v) is 7.20. The van der Waals surface area contributed by atoms with Gasteiger partial charge in [-0.05, 0) is 38.1 Å². The predicted octanol–water partition coefficient (Wildman–Crippen LogP) is 2.71. The molecule has 32 heavy (non-hydrogen) atoms. The van der Waals surface area contributed by atoms with Crippen LogP contribution in [0.2, 0.25) is 0 Å². The summed E-state index contributed by atoms with van der Waals surface area (Å²) >= 11 is 0. The highest BCUT2D eigenvalue weighted by atomic mass is 16.2. The van der Waals surface area contributed by atoms with Crippen LogP contribution in [0.4, 0.5) is 5.69 Å². The van der Waals surface area contributed by atoms with Gasteiger partial charge in [-0.25, -0.2) is 4.98 Å². The first-order chi connectivity index (χ1) is 15.4. The second kappa shape index (κ2) is 8.28. The van der Waals surface area contributed by atoms with Crippen LogP contribution in [0.15, 0.2) is 48.7 Å². The fraction of sp³-hybridized carbons (Fsp3) is 0.130. The largest absolute Gasteiger partial charge is 0.366 e. The Morgan fingerprint density at radius 3 is 2.72 bits per heavy atom. The van der Waals surface area contributed by atoms with Crippen LogP contribution >= 0.6 is 0 Å². The highest BCUT2D eigenvalue weighted by Gasteiger charge is 2.19. The first kappa shape index (κ1) is 20.7. The predicted molar refractivity (Wildman–Crippen MR) is 118 cm³/mol. The summed E-state index contributed by atoms with van der Waals surface area (Å²) in [6, 6.07) is 13.9. The van der Waals surface area contributed by atoms with E-state index >= 15 is 0 Å². The van der Waals surface area contributed by atoms with E-state index in [0.717, 1.165) is 0 Å². The minimum Gasteiger partial charge on any atom is -0.366 e. The van der Waals surface area contributed by atoms with Crippen molar-refractivity contribution in [2.75, 3.05) is 5.32 Å². The van der Waals surface area contributed by atoms with Crippen LogP contribution in [0.3, 0.4) is 0 Å². The number of benzene rings is 1. The number of para-hydroxylation sites is 1. The molecule has 0 radical (unpaired) electrons. The number of pyridine rings is 2. The second-order valence-electron chi connectivity index (χ2n) is 7.20. The maximum atomic E-state index is 13.0. The average molecular weight is 425 g/mol. The van der Waals surface area contributed by atoms with Crippen LogP contribution in [-0.4, -0.2) is 31.6 Å². The number of fused-ring (bicyclic) bond motifs is 1. The number of aromatic nitrogens is 4. The van der Waals surface area contributed by atoms with Crippen LogP contribution in [0, 0.1) is 25.2 Å². The number of nitriles is 1. The molecule has 4 aromatic rings. The number of nitrogens with two attached hydrogens (primary N) is 1. The topological polar surface area (TPSA) is 140 Å². The molecule has 0 bridgehead atoms. The van der Waals surface area contributed by atoms with Crippen LogP contribution in [0.25, 0.3) is 10.9 Å². The van der Waals surface area contributed by atoms with Gasteiger partial charge in [0.25, 0.3) is 5.91 Å². The lowest BCUT2D eigenvalue weighted by molar-refractivity contribution is 0.100. The molecular weight excluding hydrogens is 406 g/mol. The maximum Gasteiger partial charge on any atom is 0.274 e. The third kappa shape index (κ3) is 3.77. The Labute approximate surface area is 183 Å². The summed E-state index contributed by atoms with van der Waals surface area (Å²) < 4.78 is 1.68. The fourth-order valence-electron chi connectivity index (χ4n) is 3.51. The number of nitrogens with zero attached hydrogens (tertiary/aromatic N) is 5. The third-order valence-electron chi connectivity index (χ3n) is 5.14. The molecule has 3 N–H and O–H groups in total. The van der Waals surface area contributed by atoms with E-state index in [0.29, 0.717) is 39.2 Å². The van der Waals surface area contributed by atoms with Crippen molar-refractivity contribution < 1.29 is 9.59 Å². The quantitative estimate of drug-likeness (QED) is 0.504. The Kier molecular flexibility index (Phi) is 5.35. The van der Waals surface area contributed by atoms with Gasteiger partial charge in [0.1, 0.15) is 11.8 Å². The van der Waals surface area contributed by atoms with Gasteiger partial charge in [0.05, 0.1) is 46.0 Å². The van der Waals surface area contributed by atoms with Crippen molar-refractivity contribution in [2.24, 2.45) is 5.73 Å². The van der Waals surface area contributed by atoms with Gasteiger partial charge in [0.15, 0.2) is 0 Å². The number of carbonyl (C=O) groups is 2. The van der Waals surface area contributed by atoms with Gasteiger partial charge in [0, 0.05) is 11.6 Å². The lowest BCUT2D eigenvalue weighted by Gasteiger charge is -2.09. The smallest absolute Gasteiger partial charge is 0.274 e. The molecule has 1 aromatic carbocycles. The third-order valence-corrected chi connectivity index (χ3v) is 5.14. The summed E-state index contributed by atoms with van der Waals surface area (Å²) in [6.45, 7) is 3.87. The lowest BCUT2D eigenvalue weighted by Crippen LogP contribution is -2.18. The number of nitrogens with one attached hydrogen (secondary N) is 1. The zero-order chi connectivity index (χ0) is 22.8. The van der Waals surface area contributed by atoms with Crippen molar-refractivity contribution in [1.82, 2.24) is 19.7 Å². The Morgan fingerprint density at radius 2 is 1.97 bits per heavy atom. The Balaban J connectivity index is 1.66. The number of carbonyl (C=O) groups excluding carboxylic acids is 2. The van der Waals surface area contributed by atoms with Crippen LogP contribution in [0.1, 0.15) is 43.5 Å². The highest BCUT2D eigenvalue weighted by molar-refractivity contribution is 6.10. The Bertz CT molecular complexity index is 1420. The van der Waals surface area contributed by atoms with E-state index in [2.05, 4.69) is 26.5 Å². The fourth-order valence-corrected chi connectivity index (χ4v) is 3.51. The van der Waals surface area contributed by atoms with E-state index in [1.807, 2.05) is 6.92 Å². The Hall–Kier alpha value is -4.58. The van der Waals surface area contributed by atoms with Crippen LogP contribution in [-0.2, 0) is 6.54 Å².